The second-order valence-corrected chi connectivity index (χ2v) is 13.8. The maximum Gasteiger partial charge on any atom is 0.242 e. The Kier molecular flexibility index (Phi) is 7.88. The number of ketones is 1. The Labute approximate surface area is 271 Å². The molecule has 3 aliphatic heterocycles. The molecule has 1 unspecified atom stereocenters. The fourth-order valence-electron chi connectivity index (χ4n) is 7.23. The fraction of sp³-hybridized carbons (Fsp3) is 0.405. The molecular weight excluding hydrogens is 578 g/mol. The van der Waals surface area contributed by atoms with Crippen molar-refractivity contribution in [2.75, 3.05) is 68.7 Å². The van der Waals surface area contributed by atoms with Crippen LogP contribution in [0.2, 0.25) is 0 Å². The fourth-order valence-corrected chi connectivity index (χ4v) is 7.23. The van der Waals surface area contributed by atoms with E-state index in [4.69, 9.17) is 9.47 Å². The highest BCUT2D eigenvalue weighted by Gasteiger charge is 2.42. The van der Waals surface area contributed by atoms with E-state index in [1.54, 1.807) is 0 Å². The molecule has 0 aromatic heterocycles. The van der Waals surface area contributed by atoms with Crippen molar-refractivity contribution in [1.82, 2.24) is 9.80 Å². The summed E-state index contributed by atoms with van der Waals surface area (Å²) >= 11 is 0. The number of allylic oxidation sites excluding steroid dienone is 1. The summed E-state index contributed by atoms with van der Waals surface area (Å²) in [5.41, 5.74) is 6.70. The second-order valence-electron chi connectivity index (χ2n) is 13.8. The molecule has 0 radical (unpaired) electrons. The highest BCUT2D eigenvalue weighted by molar-refractivity contribution is 6.02. The Balaban J connectivity index is 1.16. The third-order valence-corrected chi connectivity index (χ3v) is 9.60. The van der Waals surface area contributed by atoms with Crippen molar-refractivity contribution >= 4 is 28.8 Å². The van der Waals surface area contributed by atoms with Gasteiger partial charge in [-0.25, -0.2) is 0 Å². The van der Waals surface area contributed by atoms with Gasteiger partial charge in [0.15, 0.2) is 17.3 Å². The van der Waals surface area contributed by atoms with E-state index in [0.29, 0.717) is 19.5 Å². The van der Waals surface area contributed by atoms with Gasteiger partial charge in [-0.1, -0.05) is 44.2 Å². The smallest absolute Gasteiger partial charge is 0.242 e. The lowest BCUT2D eigenvalue weighted by molar-refractivity contribution is -0.131. The van der Waals surface area contributed by atoms with Crippen molar-refractivity contribution in [3.63, 3.8) is 0 Å². The van der Waals surface area contributed by atoms with Crippen molar-refractivity contribution in [2.24, 2.45) is 5.41 Å². The molecule has 3 heterocycles. The van der Waals surface area contributed by atoms with E-state index in [1.165, 1.54) is 5.56 Å². The van der Waals surface area contributed by atoms with Gasteiger partial charge < -0.3 is 29.5 Å². The maximum atomic E-state index is 14.2. The number of amides is 1. The Morgan fingerprint density at radius 1 is 0.935 bits per heavy atom. The van der Waals surface area contributed by atoms with Crippen molar-refractivity contribution < 1.29 is 19.1 Å². The minimum absolute atomic E-state index is 0.0695. The summed E-state index contributed by atoms with van der Waals surface area (Å²) in [5, 5.41) is 3.66. The molecular formula is C37H43N5O4. The number of anilines is 3. The van der Waals surface area contributed by atoms with Crippen molar-refractivity contribution in [3.8, 4) is 11.5 Å². The van der Waals surface area contributed by atoms with Crippen LogP contribution in [0.25, 0.3) is 0 Å². The monoisotopic (exact) mass is 621 g/mol. The standard InChI is InChI=1S/C37H43N5O4/c1-37(2)20-29-35(31(43)21-37)36(26-10-12-27(13-11-26)39(3)4)42(30-8-6-5-7-28(30)38-29)23-34(44)41-17-15-40(16-18-41)22-25-9-14-32-33(19-25)46-24-45-32/h5-14,19,36,38H,15-18,20-24H2,1-4H3. The largest absolute Gasteiger partial charge is 0.454 e. The number of hydrogen-bond donors (Lipinski definition) is 1. The van der Waals surface area contributed by atoms with Gasteiger partial charge in [-0.3, -0.25) is 14.5 Å². The summed E-state index contributed by atoms with van der Waals surface area (Å²) in [6.45, 7) is 8.43. The molecule has 240 valence electrons. The number of ether oxygens (including phenoxy) is 2. The number of nitrogens with one attached hydrogen (secondary N) is 1. The lowest BCUT2D eigenvalue weighted by Gasteiger charge is -2.40. The molecule has 1 amide bonds. The highest BCUT2D eigenvalue weighted by Crippen LogP contribution is 2.48. The van der Waals surface area contributed by atoms with Crippen LogP contribution in [0.1, 0.15) is 43.9 Å². The first-order valence-corrected chi connectivity index (χ1v) is 16.2. The molecule has 0 bridgehead atoms. The van der Waals surface area contributed by atoms with Crippen LogP contribution >= 0.6 is 0 Å². The van der Waals surface area contributed by atoms with Crippen molar-refractivity contribution in [3.05, 3.63) is 89.1 Å². The number of fused-ring (bicyclic) bond motifs is 2. The average molecular weight is 622 g/mol. The van der Waals surface area contributed by atoms with Crippen molar-refractivity contribution in [2.45, 2.75) is 39.3 Å². The first-order valence-electron chi connectivity index (χ1n) is 16.2. The zero-order valence-electron chi connectivity index (χ0n) is 27.2. The Bertz CT molecular complexity index is 1670. The summed E-state index contributed by atoms with van der Waals surface area (Å²) < 4.78 is 11.0. The van der Waals surface area contributed by atoms with Gasteiger partial charge in [0, 0.05) is 70.2 Å². The quantitative estimate of drug-likeness (QED) is 0.390. The van der Waals surface area contributed by atoms with E-state index in [-0.39, 0.29) is 36.5 Å². The zero-order valence-corrected chi connectivity index (χ0v) is 27.2. The normalized spacial score (nSPS) is 20.5. The topological polar surface area (TPSA) is 77.6 Å². The minimum atomic E-state index is -0.387. The number of Topliss-reactive ketones (excluding diaryl/α,β-unsaturated/α-hetero) is 1. The molecule has 3 aromatic rings. The van der Waals surface area contributed by atoms with Gasteiger partial charge in [0.05, 0.1) is 24.0 Å². The van der Waals surface area contributed by atoms with E-state index in [0.717, 1.165) is 71.4 Å². The van der Waals surface area contributed by atoms with E-state index in [2.05, 4.69) is 76.3 Å². The molecule has 1 aliphatic carbocycles. The Morgan fingerprint density at radius 2 is 1.67 bits per heavy atom. The van der Waals surface area contributed by atoms with Gasteiger partial charge in [-0.2, -0.15) is 0 Å². The summed E-state index contributed by atoms with van der Waals surface area (Å²) in [6.07, 6.45) is 1.24. The molecule has 0 spiro atoms. The molecule has 0 saturated carbocycles. The van der Waals surface area contributed by atoms with Crippen molar-refractivity contribution in [1.29, 1.82) is 0 Å². The molecule has 9 nitrogen and oxygen atoms in total. The van der Waals surface area contributed by atoms with Crippen LogP contribution < -0.4 is 24.6 Å². The Morgan fingerprint density at radius 3 is 2.43 bits per heavy atom. The number of carbonyl (C=O) groups excluding carboxylic acids is 2. The van der Waals surface area contributed by atoms with Gasteiger partial charge in [-0.05, 0) is 59.4 Å². The van der Waals surface area contributed by atoms with Crippen LogP contribution in [0.15, 0.2) is 78.0 Å². The summed E-state index contributed by atoms with van der Waals surface area (Å²) in [5.74, 6) is 1.79. The molecule has 1 N–H and O–H groups in total. The average Bonchev–Trinajstić information content (AvgIpc) is 3.45. The number of rotatable bonds is 6. The number of benzene rings is 3. The number of nitrogens with zero attached hydrogens (tertiary/aromatic N) is 4. The predicted molar refractivity (Wildman–Crippen MR) is 180 cm³/mol. The molecule has 46 heavy (non-hydrogen) atoms. The molecule has 3 aromatic carbocycles. The third-order valence-electron chi connectivity index (χ3n) is 9.60. The van der Waals surface area contributed by atoms with Crippen LogP contribution in [0.4, 0.5) is 17.1 Å². The number of piperazine rings is 1. The summed E-state index contributed by atoms with van der Waals surface area (Å²) in [4.78, 5) is 36.8. The van der Waals surface area contributed by atoms with Crippen LogP contribution in [0.5, 0.6) is 11.5 Å². The lowest BCUT2D eigenvalue weighted by Crippen LogP contribution is -2.51. The van der Waals surface area contributed by atoms with E-state index in [1.807, 2.05) is 43.3 Å². The predicted octanol–water partition coefficient (Wildman–Crippen LogP) is 5.44. The molecule has 9 heteroatoms. The molecule has 1 atom stereocenters. The maximum absolute atomic E-state index is 14.2. The van der Waals surface area contributed by atoms with Gasteiger partial charge in [-0.15, -0.1) is 0 Å². The van der Waals surface area contributed by atoms with E-state index in [9.17, 15) is 9.59 Å². The number of para-hydroxylation sites is 2. The van der Waals surface area contributed by atoms with Gasteiger partial charge in [0.1, 0.15) is 0 Å². The van der Waals surface area contributed by atoms with Crippen LogP contribution in [0.3, 0.4) is 0 Å². The summed E-state index contributed by atoms with van der Waals surface area (Å²) in [6, 6.07) is 22.2. The number of hydrogen-bond acceptors (Lipinski definition) is 8. The zero-order chi connectivity index (χ0) is 32.0. The van der Waals surface area contributed by atoms with Gasteiger partial charge >= 0.3 is 0 Å². The SMILES string of the molecule is CN(C)c1ccc(C2C3=C(CC(C)(C)CC3=O)Nc3ccccc3N2CC(=O)N2CCN(Cc3ccc4c(c3)OCO4)CC2)cc1. The van der Waals surface area contributed by atoms with Gasteiger partial charge in [0.25, 0.3) is 0 Å². The van der Waals surface area contributed by atoms with Crippen LogP contribution in [-0.4, -0.2) is 75.1 Å². The van der Waals surface area contributed by atoms with Crippen LogP contribution in [-0.2, 0) is 16.1 Å². The van der Waals surface area contributed by atoms with Gasteiger partial charge in [0.2, 0.25) is 12.7 Å². The third kappa shape index (κ3) is 5.91. The van der Waals surface area contributed by atoms with E-state index >= 15 is 0 Å². The van der Waals surface area contributed by atoms with E-state index < -0.39 is 0 Å². The molecule has 7 rings (SSSR count). The molecule has 4 aliphatic rings. The van der Waals surface area contributed by atoms with Crippen LogP contribution in [0, 0.1) is 5.41 Å². The number of carbonyl (C=O) groups is 2. The first-order chi connectivity index (χ1) is 22.1. The highest BCUT2D eigenvalue weighted by atomic mass is 16.7. The first kappa shape index (κ1) is 30.2. The second kappa shape index (κ2) is 12.0. The Hall–Kier alpha value is -4.50. The molecule has 1 saturated heterocycles. The minimum Gasteiger partial charge on any atom is -0.454 e. The molecule has 1 fully saturated rings. The summed E-state index contributed by atoms with van der Waals surface area (Å²) in [7, 11) is 4.04. The lowest BCUT2D eigenvalue weighted by atomic mass is 9.73.